The topological polar surface area (TPSA) is 110 Å². The maximum absolute atomic E-state index is 11.5. The molecule has 1 aromatic carbocycles. The molecule has 3 heterocycles. The summed E-state index contributed by atoms with van der Waals surface area (Å²) in [6.07, 6.45) is 5.03. The van der Waals surface area contributed by atoms with Crippen molar-refractivity contribution in [3.63, 3.8) is 0 Å². The minimum atomic E-state index is -0.868. The van der Waals surface area contributed by atoms with E-state index in [0.717, 1.165) is 57.2 Å². The molecule has 1 amide bonds. The van der Waals surface area contributed by atoms with Crippen LogP contribution in [0.2, 0.25) is 0 Å². The van der Waals surface area contributed by atoms with E-state index in [1.807, 2.05) is 28.9 Å². The fourth-order valence-corrected chi connectivity index (χ4v) is 5.04. The highest BCUT2D eigenvalue weighted by Gasteiger charge is 2.30. The number of nitrogens with zero attached hydrogens (tertiary/aromatic N) is 4. The summed E-state index contributed by atoms with van der Waals surface area (Å²) in [7, 11) is 0. The first kappa shape index (κ1) is 20.1. The van der Waals surface area contributed by atoms with E-state index in [9.17, 15) is 9.59 Å². The molecule has 0 saturated carbocycles. The van der Waals surface area contributed by atoms with Gasteiger partial charge >= 0.3 is 5.97 Å². The number of hydrogen-bond donors (Lipinski definition) is 2. The molecule has 1 aliphatic rings. The Kier molecular flexibility index (Phi) is 5.02. The Morgan fingerprint density at radius 1 is 1.19 bits per heavy atom. The number of aliphatic carboxylic acids is 1. The average molecular weight is 446 g/mol. The summed E-state index contributed by atoms with van der Waals surface area (Å²) in [6, 6.07) is 11.2. The van der Waals surface area contributed by atoms with Crippen LogP contribution in [0.15, 0.2) is 48.8 Å². The second-order valence-corrected chi connectivity index (χ2v) is 8.54. The monoisotopic (exact) mass is 445 g/mol. The van der Waals surface area contributed by atoms with Crippen LogP contribution < -0.4 is 5.32 Å². The Hall–Kier alpha value is -3.85. The largest absolute Gasteiger partial charge is 0.481 e. The van der Waals surface area contributed by atoms with E-state index >= 15 is 0 Å². The van der Waals surface area contributed by atoms with Gasteiger partial charge in [0.05, 0.1) is 34.1 Å². The van der Waals surface area contributed by atoms with Gasteiger partial charge in [0, 0.05) is 30.4 Å². The van der Waals surface area contributed by atoms with Crippen LogP contribution in [0.4, 0.5) is 5.13 Å². The van der Waals surface area contributed by atoms with Crippen LogP contribution in [0.25, 0.3) is 27.5 Å². The number of benzene rings is 1. The number of hydrogen-bond acceptors (Lipinski definition) is 6. The van der Waals surface area contributed by atoms with Crippen LogP contribution in [0, 0.1) is 0 Å². The molecule has 0 spiro atoms. The van der Waals surface area contributed by atoms with Gasteiger partial charge in [0.1, 0.15) is 0 Å². The van der Waals surface area contributed by atoms with Gasteiger partial charge in [0.15, 0.2) is 5.13 Å². The number of aromatic nitrogens is 4. The number of carboxylic acid groups (broad SMARTS) is 1. The number of thiazole rings is 1. The van der Waals surface area contributed by atoms with Gasteiger partial charge in [-0.2, -0.15) is 5.10 Å². The first-order chi connectivity index (χ1) is 15.5. The molecular weight excluding hydrogens is 426 g/mol. The summed E-state index contributed by atoms with van der Waals surface area (Å²) in [4.78, 5) is 32.4. The summed E-state index contributed by atoms with van der Waals surface area (Å²) in [6.45, 7) is 1.47. The summed E-state index contributed by atoms with van der Waals surface area (Å²) < 4.78 is 1.88. The highest BCUT2D eigenvalue weighted by atomic mass is 32.1. The van der Waals surface area contributed by atoms with Crippen molar-refractivity contribution in [1.82, 2.24) is 19.7 Å². The molecule has 1 aliphatic carbocycles. The lowest BCUT2D eigenvalue weighted by Crippen LogP contribution is -2.07. The molecule has 2 N–H and O–H groups in total. The first-order valence-electron chi connectivity index (χ1n) is 10.1. The van der Waals surface area contributed by atoms with Crippen LogP contribution >= 0.6 is 11.3 Å². The standard InChI is InChI=1S/C23H19N5O3S/c1-13(29)25-23-26-18-9-8-17-20(15-3-2-10-24-12-15)27-28(21(17)22(18)32-23)16-6-4-14(5-7-16)11-19(30)31/h2-7,10,12H,8-9,11H2,1H3,(H,30,31)(H,25,26,29). The van der Waals surface area contributed by atoms with Gasteiger partial charge < -0.3 is 10.4 Å². The van der Waals surface area contributed by atoms with E-state index < -0.39 is 5.97 Å². The Morgan fingerprint density at radius 3 is 2.69 bits per heavy atom. The highest BCUT2D eigenvalue weighted by Crippen LogP contribution is 2.44. The van der Waals surface area contributed by atoms with Gasteiger partial charge in [0.2, 0.25) is 5.91 Å². The number of carbonyl (C=O) groups excluding carboxylic acids is 1. The van der Waals surface area contributed by atoms with Crippen LogP contribution in [-0.4, -0.2) is 36.7 Å². The number of aryl methyl sites for hydroxylation is 1. The maximum Gasteiger partial charge on any atom is 0.307 e. The molecular formula is C23H19N5O3S. The van der Waals surface area contributed by atoms with E-state index in [2.05, 4.69) is 15.3 Å². The zero-order valence-electron chi connectivity index (χ0n) is 17.2. The van der Waals surface area contributed by atoms with Crippen molar-refractivity contribution in [2.45, 2.75) is 26.2 Å². The van der Waals surface area contributed by atoms with E-state index in [4.69, 9.17) is 10.2 Å². The van der Waals surface area contributed by atoms with Gasteiger partial charge in [-0.15, -0.1) is 0 Å². The van der Waals surface area contributed by atoms with Crippen molar-refractivity contribution >= 4 is 28.3 Å². The molecule has 0 fully saturated rings. The lowest BCUT2D eigenvalue weighted by Gasteiger charge is -2.14. The van der Waals surface area contributed by atoms with Gasteiger partial charge in [-0.05, 0) is 42.7 Å². The van der Waals surface area contributed by atoms with E-state index in [1.54, 1.807) is 24.5 Å². The normalized spacial score (nSPS) is 12.2. The fraction of sp³-hybridized carbons (Fsp3) is 0.174. The van der Waals surface area contributed by atoms with E-state index in [0.29, 0.717) is 5.13 Å². The molecule has 9 heteroatoms. The van der Waals surface area contributed by atoms with Crippen molar-refractivity contribution in [3.05, 3.63) is 65.6 Å². The Bertz CT molecular complexity index is 1330. The number of carbonyl (C=O) groups is 2. The van der Waals surface area contributed by atoms with Crippen molar-refractivity contribution in [2.75, 3.05) is 5.32 Å². The second kappa shape index (κ2) is 8.01. The zero-order valence-corrected chi connectivity index (χ0v) is 18.0. The summed E-state index contributed by atoms with van der Waals surface area (Å²) in [5, 5.41) is 17.4. The molecule has 4 aromatic rings. The third-order valence-corrected chi connectivity index (χ3v) is 6.28. The SMILES string of the molecule is CC(=O)Nc1nc2c(s1)-c1c(c(-c3cccnc3)nn1-c1ccc(CC(=O)O)cc1)CC2. The molecule has 32 heavy (non-hydrogen) atoms. The van der Waals surface area contributed by atoms with Gasteiger partial charge in [-0.3, -0.25) is 14.6 Å². The molecule has 0 radical (unpaired) electrons. The molecule has 0 saturated heterocycles. The molecule has 0 atom stereocenters. The van der Waals surface area contributed by atoms with Gasteiger partial charge in [0.25, 0.3) is 0 Å². The van der Waals surface area contributed by atoms with E-state index in [-0.39, 0.29) is 12.3 Å². The highest BCUT2D eigenvalue weighted by molar-refractivity contribution is 7.19. The lowest BCUT2D eigenvalue weighted by molar-refractivity contribution is -0.136. The number of fused-ring (bicyclic) bond motifs is 3. The molecule has 8 nitrogen and oxygen atoms in total. The fourth-order valence-electron chi connectivity index (χ4n) is 3.93. The van der Waals surface area contributed by atoms with Crippen molar-refractivity contribution in [3.8, 4) is 27.5 Å². The number of rotatable bonds is 5. The van der Waals surface area contributed by atoms with Crippen molar-refractivity contribution < 1.29 is 14.7 Å². The molecule has 5 rings (SSSR count). The second-order valence-electron chi connectivity index (χ2n) is 7.54. The number of carboxylic acids is 1. The lowest BCUT2D eigenvalue weighted by atomic mass is 9.95. The summed E-state index contributed by atoms with van der Waals surface area (Å²) in [5.41, 5.74) is 6.34. The zero-order chi connectivity index (χ0) is 22.2. The van der Waals surface area contributed by atoms with Crippen LogP contribution in [-0.2, 0) is 28.9 Å². The first-order valence-corrected chi connectivity index (χ1v) is 10.9. The average Bonchev–Trinajstić information content (AvgIpc) is 3.35. The van der Waals surface area contributed by atoms with Crippen LogP contribution in [0.1, 0.15) is 23.7 Å². The number of anilines is 1. The van der Waals surface area contributed by atoms with Crippen molar-refractivity contribution in [2.24, 2.45) is 0 Å². The van der Waals surface area contributed by atoms with Gasteiger partial charge in [-0.25, -0.2) is 9.67 Å². The molecule has 0 bridgehead atoms. The predicted molar refractivity (Wildman–Crippen MR) is 121 cm³/mol. The van der Waals surface area contributed by atoms with E-state index in [1.165, 1.54) is 18.3 Å². The molecule has 3 aromatic heterocycles. The summed E-state index contributed by atoms with van der Waals surface area (Å²) >= 11 is 1.44. The third kappa shape index (κ3) is 3.67. The van der Waals surface area contributed by atoms with Gasteiger partial charge in [-0.1, -0.05) is 23.5 Å². The quantitative estimate of drug-likeness (QED) is 0.484. The van der Waals surface area contributed by atoms with Crippen LogP contribution in [0.5, 0.6) is 0 Å². The molecule has 0 aliphatic heterocycles. The molecule has 160 valence electrons. The minimum Gasteiger partial charge on any atom is -0.481 e. The predicted octanol–water partition coefficient (Wildman–Crippen LogP) is 3.74. The molecule has 0 unspecified atom stereocenters. The Morgan fingerprint density at radius 2 is 2.00 bits per heavy atom. The van der Waals surface area contributed by atoms with Crippen molar-refractivity contribution in [1.29, 1.82) is 0 Å². The Balaban J connectivity index is 1.67. The third-order valence-electron chi connectivity index (χ3n) is 5.26. The number of nitrogens with one attached hydrogen (secondary N) is 1. The minimum absolute atomic E-state index is 0.0303. The Labute approximate surface area is 187 Å². The smallest absolute Gasteiger partial charge is 0.307 e. The number of amides is 1. The van der Waals surface area contributed by atoms with Crippen LogP contribution in [0.3, 0.4) is 0 Å². The maximum atomic E-state index is 11.5. The summed E-state index contributed by atoms with van der Waals surface area (Å²) in [5.74, 6) is -1.03. The number of pyridine rings is 1.